The van der Waals surface area contributed by atoms with Crippen molar-refractivity contribution in [2.75, 3.05) is 10.2 Å². The number of thiocarbonyl (C=S) groups is 1. The summed E-state index contributed by atoms with van der Waals surface area (Å²) in [5.41, 5.74) is 1.74. The number of para-hydroxylation sites is 1. The lowest BCUT2D eigenvalue weighted by atomic mass is 10.1. The van der Waals surface area contributed by atoms with Crippen LogP contribution in [0.25, 0.3) is 0 Å². The van der Waals surface area contributed by atoms with E-state index in [4.69, 9.17) is 12.2 Å². The van der Waals surface area contributed by atoms with Crippen molar-refractivity contribution in [1.29, 1.82) is 0 Å². The molecule has 1 heterocycles. The summed E-state index contributed by atoms with van der Waals surface area (Å²) in [5, 5.41) is 5.47. The van der Waals surface area contributed by atoms with Crippen molar-refractivity contribution in [3.8, 4) is 0 Å². The van der Waals surface area contributed by atoms with Crippen LogP contribution in [0.1, 0.15) is 31.1 Å². The lowest BCUT2D eigenvalue weighted by Crippen LogP contribution is -2.35. The van der Waals surface area contributed by atoms with Crippen LogP contribution in [0.2, 0.25) is 0 Å². The van der Waals surface area contributed by atoms with Gasteiger partial charge in [-0.2, -0.15) is 0 Å². The highest BCUT2D eigenvalue weighted by molar-refractivity contribution is 9.10. The van der Waals surface area contributed by atoms with Gasteiger partial charge in [0.15, 0.2) is 5.11 Å². The van der Waals surface area contributed by atoms with E-state index in [-0.39, 0.29) is 16.2 Å². The van der Waals surface area contributed by atoms with Crippen molar-refractivity contribution in [2.24, 2.45) is 0 Å². The lowest BCUT2D eigenvalue weighted by molar-refractivity contribution is 0.0924. The molecule has 0 spiro atoms. The molecule has 0 atom stereocenters. The van der Waals surface area contributed by atoms with Gasteiger partial charge in [0.1, 0.15) is 0 Å². The zero-order chi connectivity index (χ0) is 21.3. The highest BCUT2D eigenvalue weighted by Gasteiger charge is 2.38. The topological polar surface area (TPSA) is 78.5 Å². The van der Waals surface area contributed by atoms with Crippen molar-refractivity contribution in [3.05, 3.63) is 94.0 Å². The number of nitrogens with zero attached hydrogens (tertiary/aromatic N) is 1. The van der Waals surface area contributed by atoms with Crippen LogP contribution in [0.4, 0.5) is 11.4 Å². The smallest absolute Gasteiger partial charge is 0.268 e. The van der Waals surface area contributed by atoms with Crippen molar-refractivity contribution in [1.82, 2.24) is 5.32 Å². The average Bonchev–Trinajstić information content (AvgIpc) is 3.00. The highest BCUT2D eigenvalue weighted by atomic mass is 79.9. The van der Waals surface area contributed by atoms with Crippen LogP contribution >= 0.6 is 28.1 Å². The van der Waals surface area contributed by atoms with Crippen LogP contribution in [0.5, 0.6) is 0 Å². The Kier molecular flexibility index (Phi) is 5.43. The Morgan fingerprint density at radius 1 is 0.867 bits per heavy atom. The zero-order valence-electron chi connectivity index (χ0n) is 15.4. The average molecular weight is 480 g/mol. The number of hydrogen-bond acceptors (Lipinski definition) is 4. The maximum Gasteiger partial charge on any atom is 0.268 e. The van der Waals surface area contributed by atoms with Gasteiger partial charge < -0.3 is 5.32 Å². The summed E-state index contributed by atoms with van der Waals surface area (Å²) < 4.78 is 0.630. The molecule has 8 heteroatoms. The summed E-state index contributed by atoms with van der Waals surface area (Å²) in [7, 11) is 0. The van der Waals surface area contributed by atoms with Crippen LogP contribution in [0, 0.1) is 0 Å². The Morgan fingerprint density at radius 3 is 2.30 bits per heavy atom. The molecule has 1 aliphatic rings. The molecule has 2 N–H and O–H groups in total. The number of carbonyl (C=O) groups is 3. The van der Waals surface area contributed by atoms with E-state index < -0.39 is 17.7 Å². The van der Waals surface area contributed by atoms with E-state index in [1.54, 1.807) is 72.8 Å². The number of benzene rings is 3. The molecule has 1 aliphatic heterocycles. The van der Waals surface area contributed by atoms with E-state index in [0.717, 1.165) is 4.90 Å². The SMILES string of the molecule is O=C(NC(=S)Nc1cccc2c1C(=O)N(c1ccccc1)C2=O)c1ccccc1Br. The van der Waals surface area contributed by atoms with Gasteiger partial charge in [0.25, 0.3) is 17.7 Å². The van der Waals surface area contributed by atoms with Crippen LogP contribution in [0.15, 0.2) is 77.3 Å². The molecule has 0 radical (unpaired) electrons. The minimum absolute atomic E-state index is 0.0163. The van der Waals surface area contributed by atoms with Crippen LogP contribution < -0.4 is 15.5 Å². The van der Waals surface area contributed by atoms with E-state index in [2.05, 4.69) is 26.6 Å². The Hall–Kier alpha value is -3.36. The lowest BCUT2D eigenvalue weighted by Gasteiger charge is -2.14. The molecule has 0 aliphatic carbocycles. The molecule has 4 rings (SSSR count). The fraction of sp³-hybridized carbons (Fsp3) is 0. The predicted octanol–water partition coefficient (Wildman–Crippen LogP) is 4.38. The molecule has 3 aromatic rings. The second-order valence-corrected chi connectivity index (χ2v) is 7.66. The second kappa shape index (κ2) is 8.17. The summed E-state index contributed by atoms with van der Waals surface area (Å²) in [6.45, 7) is 0. The maximum atomic E-state index is 13.0. The summed E-state index contributed by atoms with van der Waals surface area (Å²) in [5.74, 6) is -1.27. The third-order valence-corrected chi connectivity index (χ3v) is 5.42. The van der Waals surface area contributed by atoms with Crippen LogP contribution in [0.3, 0.4) is 0 Å². The minimum atomic E-state index is -0.454. The van der Waals surface area contributed by atoms with Gasteiger partial charge in [-0.1, -0.05) is 36.4 Å². The molecule has 3 amide bonds. The third kappa shape index (κ3) is 3.62. The molecule has 3 aromatic carbocycles. The third-order valence-electron chi connectivity index (χ3n) is 4.52. The molecule has 0 unspecified atom stereocenters. The summed E-state index contributed by atoms with van der Waals surface area (Å²) >= 11 is 8.57. The minimum Gasteiger partial charge on any atom is -0.332 e. The number of anilines is 2. The Bertz CT molecular complexity index is 1200. The van der Waals surface area contributed by atoms with Crippen molar-refractivity contribution < 1.29 is 14.4 Å². The van der Waals surface area contributed by atoms with Crippen LogP contribution in [-0.2, 0) is 0 Å². The summed E-state index contributed by atoms with van der Waals surface area (Å²) in [6.07, 6.45) is 0. The first-order chi connectivity index (χ1) is 14.5. The largest absolute Gasteiger partial charge is 0.332 e. The Morgan fingerprint density at radius 2 is 1.57 bits per heavy atom. The number of amides is 3. The van der Waals surface area contributed by atoms with Crippen molar-refractivity contribution in [3.63, 3.8) is 0 Å². The van der Waals surface area contributed by atoms with Crippen LogP contribution in [-0.4, -0.2) is 22.8 Å². The van der Waals surface area contributed by atoms with Gasteiger partial charge in [0, 0.05) is 4.47 Å². The first kappa shape index (κ1) is 19.9. The van der Waals surface area contributed by atoms with Gasteiger partial charge in [0.05, 0.1) is 28.1 Å². The number of fused-ring (bicyclic) bond motifs is 1. The van der Waals surface area contributed by atoms with Crippen molar-refractivity contribution >= 4 is 62.4 Å². The molecule has 30 heavy (non-hydrogen) atoms. The molecular formula is C22H14BrN3O3S. The van der Waals surface area contributed by atoms with E-state index in [0.29, 0.717) is 21.4 Å². The van der Waals surface area contributed by atoms with E-state index >= 15 is 0 Å². The molecular weight excluding hydrogens is 466 g/mol. The number of rotatable bonds is 3. The maximum absolute atomic E-state index is 13.0. The Balaban J connectivity index is 1.58. The predicted molar refractivity (Wildman–Crippen MR) is 122 cm³/mol. The second-order valence-electron chi connectivity index (χ2n) is 6.40. The van der Waals surface area contributed by atoms with Gasteiger partial charge in [-0.3, -0.25) is 19.7 Å². The zero-order valence-corrected chi connectivity index (χ0v) is 17.8. The first-order valence-electron chi connectivity index (χ1n) is 8.91. The normalized spacial score (nSPS) is 12.5. The monoisotopic (exact) mass is 479 g/mol. The number of nitrogens with one attached hydrogen (secondary N) is 2. The number of carbonyl (C=O) groups excluding carboxylic acids is 3. The molecule has 0 saturated carbocycles. The Labute approximate surface area is 186 Å². The van der Waals surface area contributed by atoms with Gasteiger partial charge >= 0.3 is 0 Å². The van der Waals surface area contributed by atoms with Crippen molar-refractivity contribution in [2.45, 2.75) is 0 Å². The van der Waals surface area contributed by atoms with Gasteiger partial charge in [-0.25, -0.2) is 4.90 Å². The highest BCUT2D eigenvalue weighted by Crippen LogP contribution is 2.32. The quantitative estimate of drug-likeness (QED) is 0.430. The fourth-order valence-corrected chi connectivity index (χ4v) is 3.84. The molecule has 6 nitrogen and oxygen atoms in total. The van der Waals surface area contributed by atoms with E-state index in [1.165, 1.54) is 0 Å². The molecule has 0 saturated heterocycles. The molecule has 0 bridgehead atoms. The summed E-state index contributed by atoms with van der Waals surface area (Å²) in [4.78, 5) is 39.4. The van der Waals surface area contributed by atoms with Gasteiger partial charge in [-0.05, 0) is 64.5 Å². The first-order valence-corrected chi connectivity index (χ1v) is 10.1. The van der Waals surface area contributed by atoms with Gasteiger partial charge in [-0.15, -0.1) is 0 Å². The number of hydrogen-bond donors (Lipinski definition) is 2. The molecule has 148 valence electrons. The van der Waals surface area contributed by atoms with E-state index in [9.17, 15) is 14.4 Å². The number of halogens is 1. The fourth-order valence-electron chi connectivity index (χ4n) is 3.17. The van der Waals surface area contributed by atoms with Gasteiger partial charge in [0.2, 0.25) is 0 Å². The number of imide groups is 1. The standard InChI is InChI=1S/C22H14BrN3O3S/c23-16-11-5-4-9-14(16)19(27)25-22(30)24-17-12-6-10-15-18(17)21(29)26(20(15)28)13-7-2-1-3-8-13/h1-12H,(H2,24,25,27,30). The molecule has 0 fully saturated rings. The molecule has 0 aromatic heterocycles. The summed E-state index contributed by atoms with van der Waals surface area (Å²) in [6, 6.07) is 20.5. The van der Waals surface area contributed by atoms with E-state index in [1.807, 2.05) is 0 Å².